The smallest absolute Gasteiger partial charge is 0.339 e. The first-order valence-corrected chi connectivity index (χ1v) is 30.2. The number of likely N-dealkylation sites (tertiary alicyclic amines) is 1. The van der Waals surface area contributed by atoms with E-state index in [0.29, 0.717) is 5.69 Å². The summed E-state index contributed by atoms with van der Waals surface area (Å²) in [6.45, 7) is 9.57. The minimum absolute atomic E-state index is 0.0231. The van der Waals surface area contributed by atoms with Crippen LogP contribution in [0.4, 0.5) is 17.2 Å². The van der Waals surface area contributed by atoms with Crippen LogP contribution < -0.4 is 4.72 Å². The number of rotatable bonds is 15. The van der Waals surface area contributed by atoms with Crippen molar-refractivity contribution in [3.8, 4) is 11.5 Å². The van der Waals surface area contributed by atoms with Crippen LogP contribution in [0.3, 0.4) is 0 Å². The molecular formula is C63H72N6O12S2. The van der Waals surface area contributed by atoms with E-state index in [9.17, 15) is 41.7 Å². The first-order chi connectivity index (χ1) is 39.3. The standard InChI is InChI=1S/C32H41NO2.C18H14N4O5S.C7H6O3.C4H5N.C2H6O2S/c1-31(2,3)26-18-16-25(17-19-26)30(34)15-10-22-33-23-20-29(21-24-33)32(35,27-11-6-4-7-12-27)28-13-8-5-9-14-28;23-16-9-6-13(11-15(16)18(24)25)21-20-12-4-7-14(8-5-12)28(26,27)22-17-3-1-2-10-19-17;8-6-4-2-1-3-5(6)7(9)10;1-2-4-5-3-1;1-5(2,3)4/h4-9,11-14,16-19,29-30,34-35H,10,15,20-24H2,1-3H3;1-11,23H,(H,19,22)(H,24,25);1-4,8H,(H,9,10);1-5H;1-2H3/b;21-20+;;;. The van der Waals surface area contributed by atoms with Gasteiger partial charge in [-0.05, 0) is 158 Å². The van der Waals surface area contributed by atoms with Gasteiger partial charge in [0.25, 0.3) is 10.0 Å². The number of carbonyl (C=O) groups is 2. The van der Waals surface area contributed by atoms with E-state index in [1.165, 1.54) is 72.4 Å². The number of anilines is 1. The van der Waals surface area contributed by atoms with E-state index < -0.39 is 43.5 Å². The lowest BCUT2D eigenvalue weighted by atomic mass is 9.72. The fraction of sp³-hybridized carbons (Fsp3) is 0.254. The van der Waals surface area contributed by atoms with E-state index >= 15 is 0 Å². The third-order valence-corrected chi connectivity index (χ3v) is 14.3. The summed E-state index contributed by atoms with van der Waals surface area (Å²) >= 11 is 0. The molecule has 1 aliphatic rings. The molecule has 83 heavy (non-hydrogen) atoms. The molecule has 8 N–H and O–H groups in total. The van der Waals surface area contributed by atoms with Crippen LogP contribution in [0.1, 0.15) is 95.5 Å². The van der Waals surface area contributed by atoms with Crippen LogP contribution in [-0.2, 0) is 30.9 Å². The lowest BCUT2D eigenvalue weighted by Gasteiger charge is -2.42. The molecule has 1 saturated heterocycles. The van der Waals surface area contributed by atoms with Crippen molar-refractivity contribution in [3.05, 3.63) is 234 Å². The summed E-state index contributed by atoms with van der Waals surface area (Å²) in [5.41, 5.74) is 3.64. The van der Waals surface area contributed by atoms with E-state index in [1.807, 2.05) is 60.9 Å². The van der Waals surface area contributed by atoms with Crippen molar-refractivity contribution in [1.29, 1.82) is 0 Å². The number of benzene rings is 6. The molecule has 6 aromatic carbocycles. The summed E-state index contributed by atoms with van der Waals surface area (Å²) in [5, 5.41) is 66.4. The van der Waals surface area contributed by atoms with E-state index in [1.54, 1.807) is 24.3 Å². The van der Waals surface area contributed by atoms with Gasteiger partial charge < -0.3 is 40.5 Å². The van der Waals surface area contributed by atoms with Crippen molar-refractivity contribution >= 4 is 49.0 Å². The molecule has 9 rings (SSSR count). The number of hydrogen-bond donors (Lipinski definition) is 8. The Bertz CT molecular complexity index is 3440. The molecule has 2 aromatic heterocycles. The number of aliphatic hydroxyl groups excluding tert-OH is 1. The van der Waals surface area contributed by atoms with Gasteiger partial charge >= 0.3 is 11.9 Å². The van der Waals surface area contributed by atoms with Crippen molar-refractivity contribution < 1.29 is 57.1 Å². The number of piperidine rings is 1. The number of aliphatic hydroxyl groups is 2. The van der Waals surface area contributed by atoms with Crippen LogP contribution in [-0.4, -0.2) is 106 Å². The second kappa shape index (κ2) is 31.1. The predicted molar refractivity (Wildman–Crippen MR) is 322 cm³/mol. The van der Waals surface area contributed by atoms with Crippen LogP contribution in [0.5, 0.6) is 11.5 Å². The van der Waals surface area contributed by atoms with Crippen molar-refractivity contribution in [1.82, 2.24) is 14.9 Å². The van der Waals surface area contributed by atoms with E-state index in [0.717, 1.165) is 74.5 Å². The van der Waals surface area contributed by atoms with Crippen LogP contribution in [0.15, 0.2) is 216 Å². The Labute approximate surface area is 485 Å². The molecule has 20 heteroatoms. The molecule has 1 aliphatic heterocycles. The molecule has 3 heterocycles. The number of para-hydroxylation sites is 1. The minimum atomic E-state index is -3.79. The molecule has 0 saturated carbocycles. The van der Waals surface area contributed by atoms with Gasteiger partial charge in [0.1, 0.15) is 43.9 Å². The Balaban J connectivity index is 0.000000230. The number of aromatic carboxylic acids is 2. The minimum Gasteiger partial charge on any atom is -0.507 e. The Hall–Kier alpha value is -8.53. The van der Waals surface area contributed by atoms with Gasteiger partial charge in [-0.25, -0.2) is 31.4 Å². The number of sulfone groups is 1. The quantitative estimate of drug-likeness (QED) is 0.0443. The number of aromatic nitrogens is 2. The fourth-order valence-corrected chi connectivity index (χ4v) is 9.60. The van der Waals surface area contributed by atoms with E-state index in [4.69, 9.17) is 15.3 Å². The number of hydrogen-bond acceptors (Lipinski definition) is 14. The molecule has 0 aliphatic carbocycles. The highest BCUT2D eigenvalue weighted by Gasteiger charge is 2.41. The molecule has 0 amide bonds. The van der Waals surface area contributed by atoms with Crippen LogP contribution >= 0.6 is 0 Å². The number of aromatic amines is 1. The number of nitrogens with zero attached hydrogens (tertiary/aromatic N) is 4. The van der Waals surface area contributed by atoms with Gasteiger partial charge in [0.15, 0.2) is 0 Å². The zero-order chi connectivity index (χ0) is 60.6. The molecule has 1 unspecified atom stereocenters. The lowest BCUT2D eigenvalue weighted by Crippen LogP contribution is -2.44. The third kappa shape index (κ3) is 21.4. The molecule has 0 bridgehead atoms. The Morgan fingerprint density at radius 1 is 0.651 bits per heavy atom. The van der Waals surface area contributed by atoms with E-state index in [-0.39, 0.29) is 50.4 Å². The van der Waals surface area contributed by atoms with Crippen molar-refractivity contribution in [2.45, 2.75) is 68.5 Å². The SMILES string of the molecule is CC(C)(C)c1ccc(C(O)CCCN2CCC(C(O)(c3ccccc3)c3ccccc3)CC2)cc1.CS(C)(=O)=O.O=C(O)c1cc(/N=N/c2ccc(S(=O)(=O)Nc3ccccn3)cc2)ccc1O.O=C(O)c1ccccc1O.c1cc[nH]c1. The number of carboxylic acids is 2. The van der Waals surface area contributed by atoms with Gasteiger partial charge in [0.2, 0.25) is 0 Å². The highest BCUT2D eigenvalue weighted by Crippen LogP contribution is 2.42. The zero-order valence-corrected chi connectivity index (χ0v) is 48.5. The van der Waals surface area contributed by atoms with E-state index in [2.05, 4.69) is 99.1 Å². The maximum atomic E-state index is 12.3. The number of nitrogens with one attached hydrogen (secondary N) is 2. The number of H-pyrrole nitrogens is 1. The number of sulfonamides is 1. The molecular weight excluding hydrogens is 1100 g/mol. The summed E-state index contributed by atoms with van der Waals surface area (Å²) in [7, 11) is -6.46. The third-order valence-electron chi connectivity index (χ3n) is 12.9. The maximum Gasteiger partial charge on any atom is 0.339 e. The average Bonchev–Trinajstić information content (AvgIpc) is 3.63. The predicted octanol–water partition coefficient (Wildman–Crippen LogP) is 11.9. The molecule has 1 atom stereocenters. The molecule has 18 nitrogen and oxygen atoms in total. The molecule has 1 fully saturated rings. The Kier molecular flexibility index (Phi) is 24.4. The summed E-state index contributed by atoms with van der Waals surface area (Å²) in [5.74, 6) is -2.60. The lowest BCUT2D eigenvalue weighted by molar-refractivity contribution is -0.0146. The van der Waals surface area contributed by atoms with Crippen LogP contribution in [0.2, 0.25) is 0 Å². The topological polar surface area (TPSA) is 292 Å². The number of aromatic hydroxyl groups is 2. The van der Waals surface area contributed by atoms with Gasteiger partial charge in [-0.1, -0.05) is 124 Å². The number of phenols is 2. The fourth-order valence-electron chi connectivity index (χ4n) is 8.59. The molecule has 0 radical (unpaired) electrons. The second-order valence-electron chi connectivity index (χ2n) is 20.5. The zero-order valence-electron chi connectivity index (χ0n) is 46.9. The highest BCUT2D eigenvalue weighted by molar-refractivity contribution is 7.92. The van der Waals surface area contributed by atoms with Gasteiger partial charge in [-0.15, -0.1) is 0 Å². The number of carboxylic acid groups (broad SMARTS) is 2. The second-order valence-corrected chi connectivity index (χ2v) is 24.5. The number of pyridine rings is 1. The van der Waals surface area contributed by atoms with Crippen LogP contribution in [0.25, 0.3) is 0 Å². The van der Waals surface area contributed by atoms with Crippen LogP contribution in [0, 0.1) is 5.92 Å². The van der Waals surface area contributed by atoms with Crippen molar-refractivity contribution in [2.75, 3.05) is 36.9 Å². The van der Waals surface area contributed by atoms with Gasteiger partial charge in [-0.3, -0.25) is 4.72 Å². The monoisotopic (exact) mass is 1170 g/mol. The average molecular weight is 1170 g/mol. The first-order valence-electron chi connectivity index (χ1n) is 26.5. The summed E-state index contributed by atoms with van der Waals surface area (Å²) in [6, 6.07) is 52.7. The summed E-state index contributed by atoms with van der Waals surface area (Å²) < 4.78 is 46.3. The van der Waals surface area contributed by atoms with Gasteiger partial charge in [0.05, 0.1) is 22.4 Å². The molecule has 8 aromatic rings. The van der Waals surface area contributed by atoms with Crippen molar-refractivity contribution in [3.63, 3.8) is 0 Å². The number of azo groups is 1. The molecule has 0 spiro atoms. The van der Waals surface area contributed by atoms with Gasteiger partial charge in [-0.2, -0.15) is 10.2 Å². The highest BCUT2D eigenvalue weighted by atomic mass is 32.2. The van der Waals surface area contributed by atoms with Crippen molar-refractivity contribution in [2.24, 2.45) is 16.1 Å². The normalized spacial score (nSPS) is 13.2. The first kappa shape index (κ1) is 65.3. The van der Waals surface area contributed by atoms with Gasteiger partial charge in [0, 0.05) is 31.1 Å². The maximum absolute atomic E-state index is 12.3. The summed E-state index contributed by atoms with van der Waals surface area (Å²) in [4.78, 5) is 30.6. The Morgan fingerprint density at radius 3 is 1.64 bits per heavy atom. The largest absolute Gasteiger partial charge is 0.507 e. The summed E-state index contributed by atoms with van der Waals surface area (Å²) in [6.07, 6.45) is 10.8. The Morgan fingerprint density at radius 2 is 1.16 bits per heavy atom. The molecule has 438 valence electrons.